The quantitative estimate of drug-likeness (QED) is 0.335. The van der Waals surface area contributed by atoms with Gasteiger partial charge in [-0.25, -0.2) is 9.37 Å². The Kier molecular flexibility index (Phi) is 6.81. The van der Waals surface area contributed by atoms with E-state index < -0.39 is 11.8 Å². The van der Waals surface area contributed by atoms with Crippen LogP contribution in [0.4, 0.5) is 4.39 Å². The topological polar surface area (TPSA) is 93.8 Å². The lowest BCUT2D eigenvalue weighted by Gasteiger charge is -2.17. The van der Waals surface area contributed by atoms with E-state index in [4.69, 9.17) is 14.9 Å². The molecule has 37 heavy (non-hydrogen) atoms. The van der Waals surface area contributed by atoms with E-state index in [-0.39, 0.29) is 24.0 Å². The van der Waals surface area contributed by atoms with Gasteiger partial charge in [-0.2, -0.15) is 0 Å². The average molecular weight is 500 g/mol. The van der Waals surface area contributed by atoms with Gasteiger partial charge in [0.15, 0.2) is 0 Å². The van der Waals surface area contributed by atoms with Crippen LogP contribution in [0.2, 0.25) is 0 Å². The maximum Gasteiger partial charge on any atom is 0.303 e. The third-order valence-electron chi connectivity index (χ3n) is 6.60. The number of hydrogen-bond acceptors (Lipinski definition) is 5. The molecule has 0 fully saturated rings. The number of aryl methyl sites for hydroxylation is 1. The number of oxime groups is 1. The number of unbranched alkanes of at least 4 members (excludes halogenated alkanes) is 1. The van der Waals surface area contributed by atoms with Crippen LogP contribution in [-0.2, 0) is 16.1 Å². The largest absolute Gasteiger partial charge is 0.481 e. The summed E-state index contributed by atoms with van der Waals surface area (Å²) in [7, 11) is 0. The minimum Gasteiger partial charge on any atom is -0.481 e. The highest BCUT2D eigenvalue weighted by atomic mass is 19.1. The van der Waals surface area contributed by atoms with Crippen LogP contribution in [0.15, 0.2) is 82.7 Å². The molecule has 0 bridgehead atoms. The summed E-state index contributed by atoms with van der Waals surface area (Å²) in [6.07, 6.45) is 1.29. The van der Waals surface area contributed by atoms with Crippen LogP contribution >= 0.6 is 0 Å². The van der Waals surface area contributed by atoms with Gasteiger partial charge in [0, 0.05) is 18.4 Å². The molecule has 0 radical (unpaired) electrons. The summed E-state index contributed by atoms with van der Waals surface area (Å²) in [5, 5.41) is 13.8. The third kappa shape index (κ3) is 5.00. The highest BCUT2D eigenvalue weighted by Gasteiger charge is 2.33. The van der Waals surface area contributed by atoms with Crippen molar-refractivity contribution in [2.45, 2.75) is 44.6 Å². The van der Waals surface area contributed by atoms with Gasteiger partial charge in [0.2, 0.25) is 0 Å². The van der Waals surface area contributed by atoms with Crippen molar-refractivity contribution >= 4 is 22.6 Å². The molecule has 188 valence electrons. The third-order valence-corrected chi connectivity index (χ3v) is 6.60. The first-order chi connectivity index (χ1) is 17.9. The zero-order valence-electron chi connectivity index (χ0n) is 20.3. The van der Waals surface area contributed by atoms with Gasteiger partial charge in [-0.15, -0.1) is 0 Å². The molecule has 0 amide bonds. The van der Waals surface area contributed by atoms with Crippen LogP contribution in [0, 0.1) is 5.82 Å². The van der Waals surface area contributed by atoms with Crippen molar-refractivity contribution < 1.29 is 19.1 Å². The first-order valence-corrected chi connectivity index (χ1v) is 12.2. The van der Waals surface area contributed by atoms with Crippen molar-refractivity contribution in [3.8, 4) is 5.69 Å². The Balaban J connectivity index is 1.58. The fourth-order valence-electron chi connectivity index (χ4n) is 4.78. The Hall–Kier alpha value is -4.33. The van der Waals surface area contributed by atoms with Gasteiger partial charge in [-0.1, -0.05) is 41.6 Å². The molecule has 8 heteroatoms. The molecule has 0 saturated carbocycles. The number of carboxylic acid groups (broad SMARTS) is 1. The van der Waals surface area contributed by atoms with Crippen molar-refractivity contribution in [1.29, 1.82) is 0 Å². The second-order valence-electron chi connectivity index (χ2n) is 9.15. The monoisotopic (exact) mass is 499 g/mol. The van der Waals surface area contributed by atoms with Crippen LogP contribution < -0.4 is 5.56 Å². The minimum atomic E-state index is -0.867. The Morgan fingerprint density at radius 3 is 2.54 bits per heavy atom. The van der Waals surface area contributed by atoms with E-state index >= 15 is 0 Å². The second-order valence-corrected chi connectivity index (χ2v) is 9.15. The Morgan fingerprint density at radius 1 is 1.05 bits per heavy atom. The fraction of sp³-hybridized carbons (Fsp3) is 0.241. The average Bonchev–Trinajstić information content (AvgIpc) is 3.29. The van der Waals surface area contributed by atoms with Gasteiger partial charge in [0.25, 0.3) is 5.56 Å². The van der Waals surface area contributed by atoms with E-state index in [1.165, 1.54) is 28.8 Å². The zero-order chi connectivity index (χ0) is 25.9. The highest BCUT2D eigenvalue weighted by molar-refractivity contribution is 6.07. The van der Waals surface area contributed by atoms with Crippen molar-refractivity contribution in [3.05, 3.63) is 106 Å². The summed E-state index contributed by atoms with van der Waals surface area (Å²) in [5.41, 5.74) is 3.43. The second kappa shape index (κ2) is 10.3. The predicted molar refractivity (Wildman–Crippen MR) is 139 cm³/mol. The Labute approximate surface area is 212 Å². The SMILES string of the molecule is C[C@H]1ON=C(c2ccc3c(=O)n(-c4ccc(F)cc4)c(CCCCC(=O)O)nc3c2)[C@H]1c1ccccc1. The van der Waals surface area contributed by atoms with Crippen molar-refractivity contribution in [3.63, 3.8) is 0 Å². The number of benzene rings is 3. The number of aromatic nitrogens is 2. The first kappa shape index (κ1) is 24.4. The zero-order valence-corrected chi connectivity index (χ0v) is 20.3. The number of rotatable bonds is 8. The maximum absolute atomic E-state index is 13.6. The Morgan fingerprint density at radius 2 is 1.81 bits per heavy atom. The van der Waals surface area contributed by atoms with E-state index in [1.807, 2.05) is 49.4 Å². The number of halogens is 1. The molecule has 1 aliphatic rings. The number of hydrogen-bond donors (Lipinski definition) is 1. The summed E-state index contributed by atoms with van der Waals surface area (Å²) in [5.74, 6) is -0.841. The lowest BCUT2D eigenvalue weighted by molar-refractivity contribution is -0.137. The summed E-state index contributed by atoms with van der Waals surface area (Å²) in [4.78, 5) is 35.0. The molecular weight excluding hydrogens is 473 g/mol. The molecular formula is C29H26FN3O4. The van der Waals surface area contributed by atoms with Crippen LogP contribution in [0.3, 0.4) is 0 Å². The van der Waals surface area contributed by atoms with Crippen molar-refractivity contribution in [2.75, 3.05) is 0 Å². The van der Waals surface area contributed by atoms with E-state index in [1.54, 1.807) is 6.07 Å². The number of fused-ring (bicyclic) bond motifs is 1. The van der Waals surface area contributed by atoms with Crippen molar-refractivity contribution in [2.24, 2.45) is 5.16 Å². The number of nitrogens with zero attached hydrogens (tertiary/aromatic N) is 3. The Bertz CT molecular complexity index is 1530. The number of carbonyl (C=O) groups is 1. The van der Waals surface area contributed by atoms with Crippen LogP contribution in [0.25, 0.3) is 16.6 Å². The highest BCUT2D eigenvalue weighted by Crippen LogP contribution is 2.32. The summed E-state index contributed by atoms with van der Waals surface area (Å²) in [6.45, 7) is 1.98. The van der Waals surface area contributed by atoms with Gasteiger partial charge in [0.1, 0.15) is 17.7 Å². The maximum atomic E-state index is 13.6. The molecule has 0 aliphatic carbocycles. The van der Waals surface area contributed by atoms with E-state index in [9.17, 15) is 14.0 Å². The van der Waals surface area contributed by atoms with Gasteiger partial charge in [0.05, 0.1) is 28.2 Å². The van der Waals surface area contributed by atoms with Gasteiger partial charge < -0.3 is 9.94 Å². The molecule has 5 rings (SSSR count). The van der Waals surface area contributed by atoms with E-state index in [0.29, 0.717) is 41.7 Å². The predicted octanol–water partition coefficient (Wildman–Crippen LogP) is 5.23. The molecule has 7 nitrogen and oxygen atoms in total. The van der Waals surface area contributed by atoms with E-state index in [2.05, 4.69) is 5.16 Å². The molecule has 1 aromatic heterocycles. The molecule has 3 aromatic carbocycles. The van der Waals surface area contributed by atoms with E-state index in [0.717, 1.165) is 16.8 Å². The molecule has 4 aromatic rings. The molecule has 2 atom stereocenters. The lowest BCUT2D eigenvalue weighted by atomic mass is 9.86. The lowest BCUT2D eigenvalue weighted by Crippen LogP contribution is -2.24. The van der Waals surface area contributed by atoms with Gasteiger partial charge >= 0.3 is 5.97 Å². The minimum absolute atomic E-state index is 0.0391. The molecule has 1 aliphatic heterocycles. The summed E-state index contributed by atoms with van der Waals surface area (Å²) >= 11 is 0. The van der Waals surface area contributed by atoms with Crippen LogP contribution in [0.1, 0.15) is 49.1 Å². The molecule has 1 N–H and O–H groups in total. The molecule has 2 heterocycles. The first-order valence-electron chi connectivity index (χ1n) is 12.2. The molecule has 0 unspecified atom stereocenters. The standard InChI is InChI=1S/C29H26FN3O4/c1-18-27(19-7-3-2-4-8-19)28(32-37-18)20-11-16-23-24(17-20)31-25(9-5-6-10-26(34)35)33(29(23)36)22-14-12-21(30)13-15-22/h2-4,7-8,11-18,27H,5-6,9-10H2,1H3,(H,34,35)/t18-,27-/m1/s1. The van der Waals surface area contributed by atoms with Gasteiger partial charge in [-0.3, -0.25) is 14.2 Å². The smallest absolute Gasteiger partial charge is 0.303 e. The van der Waals surface area contributed by atoms with Gasteiger partial charge in [-0.05, 0) is 61.7 Å². The van der Waals surface area contributed by atoms with Crippen molar-refractivity contribution in [1.82, 2.24) is 9.55 Å². The summed E-state index contributed by atoms with van der Waals surface area (Å²) < 4.78 is 15.1. The molecule has 0 saturated heterocycles. The number of aliphatic carboxylic acids is 1. The molecule has 0 spiro atoms. The normalized spacial score (nSPS) is 17.0. The fourth-order valence-corrected chi connectivity index (χ4v) is 4.78. The van der Waals surface area contributed by atoms with Crippen LogP contribution in [0.5, 0.6) is 0 Å². The van der Waals surface area contributed by atoms with Crippen LogP contribution in [-0.4, -0.2) is 32.4 Å². The summed E-state index contributed by atoms with van der Waals surface area (Å²) in [6, 6.07) is 21.1. The number of carboxylic acids is 1.